The van der Waals surface area contributed by atoms with Gasteiger partial charge < -0.3 is 20.8 Å². The molecule has 0 unspecified atom stereocenters. The molecule has 0 aliphatic rings. The summed E-state index contributed by atoms with van der Waals surface area (Å²) >= 11 is 0. The van der Waals surface area contributed by atoms with Crippen molar-refractivity contribution < 1.29 is 23.4 Å². The fourth-order valence-corrected chi connectivity index (χ4v) is 7.85. The molecule has 52 heavy (non-hydrogen) atoms. The van der Waals surface area contributed by atoms with Gasteiger partial charge in [0, 0.05) is 19.6 Å². The van der Waals surface area contributed by atoms with Gasteiger partial charge in [-0.1, -0.05) is 99.6 Å². The summed E-state index contributed by atoms with van der Waals surface area (Å²) in [7, 11) is -2.26. The van der Waals surface area contributed by atoms with E-state index < -0.39 is 45.7 Å². The second kappa shape index (κ2) is 18.2. The molecule has 3 atom stereocenters. The van der Waals surface area contributed by atoms with Crippen molar-refractivity contribution in [3.05, 3.63) is 123 Å². The number of amides is 1. The molecule has 0 saturated heterocycles. The predicted octanol–water partition coefficient (Wildman–Crippen LogP) is 4.02. The van der Waals surface area contributed by atoms with Gasteiger partial charge in [-0.15, -0.1) is 0 Å². The van der Waals surface area contributed by atoms with E-state index >= 15 is 0 Å². The molecular formula is C38H50N6O7S. The van der Waals surface area contributed by atoms with E-state index in [0.717, 1.165) is 16.7 Å². The lowest BCUT2D eigenvalue weighted by Gasteiger charge is -2.32. The van der Waals surface area contributed by atoms with Gasteiger partial charge in [0.1, 0.15) is 12.6 Å². The maximum atomic E-state index is 14.2. The zero-order valence-electron chi connectivity index (χ0n) is 30.3. The number of rotatable bonds is 19. The Morgan fingerprint density at radius 2 is 1.56 bits per heavy atom. The first-order valence-electron chi connectivity index (χ1n) is 17.4. The fourth-order valence-electron chi connectivity index (χ4n) is 6.23. The number of benzene rings is 3. The van der Waals surface area contributed by atoms with E-state index in [0.29, 0.717) is 12.1 Å². The lowest BCUT2D eigenvalue weighted by atomic mass is 9.98. The number of aromatic hydroxyl groups is 1. The smallest absolute Gasteiger partial charge is 0.332 e. The van der Waals surface area contributed by atoms with Crippen LogP contribution in [0.5, 0.6) is 5.88 Å². The largest absolute Gasteiger partial charge is 0.493 e. The molecule has 3 aromatic carbocycles. The number of aliphatic hydroxyl groups is 1. The number of nitroso groups, excluding NO2 is 1. The summed E-state index contributed by atoms with van der Waals surface area (Å²) in [6, 6.07) is 20.7. The van der Waals surface area contributed by atoms with Crippen LogP contribution >= 0.6 is 0 Å². The first-order valence-corrected chi connectivity index (χ1v) is 18.8. The van der Waals surface area contributed by atoms with Crippen LogP contribution in [0.3, 0.4) is 0 Å². The number of sulfonamides is 1. The Bertz CT molecular complexity index is 1940. The molecule has 4 N–H and O–H groups in total. The molecule has 280 valence electrons. The average molecular weight is 735 g/mol. The molecular weight excluding hydrogens is 685 g/mol. The Morgan fingerprint density at radius 3 is 2.17 bits per heavy atom. The molecule has 0 radical (unpaired) electrons. The van der Waals surface area contributed by atoms with Gasteiger partial charge in [0.25, 0.3) is 0 Å². The van der Waals surface area contributed by atoms with Crippen molar-refractivity contribution in [3.8, 4) is 5.88 Å². The molecule has 0 aliphatic carbocycles. The number of aliphatic hydroxyl groups excluding tert-OH is 1. The molecule has 1 heterocycles. The first kappa shape index (κ1) is 40.1. The van der Waals surface area contributed by atoms with E-state index in [1.54, 1.807) is 13.8 Å². The summed E-state index contributed by atoms with van der Waals surface area (Å²) < 4.78 is 31.4. The molecule has 1 aromatic heterocycles. The number of carbonyl (C=O) groups is 1. The lowest BCUT2D eigenvalue weighted by molar-refractivity contribution is -0.127. The third kappa shape index (κ3) is 10.2. The van der Waals surface area contributed by atoms with Gasteiger partial charge in [0.2, 0.25) is 21.8 Å². The SMILES string of the molecule is CNCc1cccc(Cn2c(O)cn([C@H](C(=O)N[C@@H](Cc3ccccc3)[C@H](O)CN(CC(C)C)S(=O)(=O)c3ccc(CN=O)cc3)C(C)C)c2=O)c1. The Hall–Kier alpha value is -4.63. The van der Waals surface area contributed by atoms with Crippen LogP contribution < -0.4 is 16.3 Å². The van der Waals surface area contributed by atoms with E-state index in [1.807, 2.05) is 75.5 Å². The second-order valence-corrected chi connectivity index (χ2v) is 15.8. The van der Waals surface area contributed by atoms with Gasteiger partial charge in [-0.3, -0.25) is 13.9 Å². The van der Waals surface area contributed by atoms with Gasteiger partial charge in [0.15, 0.2) is 0 Å². The molecule has 0 bridgehead atoms. The Balaban J connectivity index is 1.64. The van der Waals surface area contributed by atoms with Crippen LogP contribution in [0.2, 0.25) is 0 Å². The van der Waals surface area contributed by atoms with Gasteiger partial charge in [0.05, 0.1) is 29.8 Å². The number of imidazole rings is 1. The first-order chi connectivity index (χ1) is 24.7. The topological polar surface area (TPSA) is 175 Å². The molecule has 4 aromatic rings. The van der Waals surface area contributed by atoms with Crippen LogP contribution in [0.25, 0.3) is 0 Å². The van der Waals surface area contributed by atoms with E-state index in [9.17, 15) is 33.1 Å². The highest BCUT2D eigenvalue weighted by atomic mass is 32.2. The van der Waals surface area contributed by atoms with E-state index in [-0.39, 0.29) is 49.3 Å². The molecule has 13 nitrogen and oxygen atoms in total. The molecule has 14 heteroatoms. The van der Waals surface area contributed by atoms with Crippen molar-refractivity contribution >= 4 is 15.9 Å². The highest BCUT2D eigenvalue weighted by molar-refractivity contribution is 7.89. The standard InChI is InChI=1S/C38H50N6O7S/c1-26(2)22-42(52(50,51)32-16-14-29(15-17-32)21-40-49)24-34(45)33(19-28-10-7-6-8-11-28)41-37(47)36(27(3)4)44-25-35(46)43(38(44)48)23-31-13-9-12-30(18-31)20-39-5/h6-18,25-27,33-34,36,39,45-46H,19-24H2,1-5H3,(H,41,47)/t33-,34+,36-/m0/s1. The van der Waals surface area contributed by atoms with Gasteiger partial charge in [-0.25, -0.2) is 13.2 Å². The molecule has 4 rings (SSSR count). The van der Waals surface area contributed by atoms with Crippen molar-refractivity contribution in [2.24, 2.45) is 17.0 Å². The minimum absolute atomic E-state index is 0.00373. The monoisotopic (exact) mass is 734 g/mol. The molecule has 0 saturated carbocycles. The van der Waals surface area contributed by atoms with Crippen LogP contribution in [-0.4, -0.2) is 70.3 Å². The number of nitrogens with one attached hydrogen (secondary N) is 2. The van der Waals surface area contributed by atoms with Gasteiger partial charge in [-0.2, -0.15) is 9.21 Å². The van der Waals surface area contributed by atoms with Crippen LogP contribution in [-0.2, 0) is 40.9 Å². The minimum Gasteiger partial charge on any atom is -0.493 e. The fraction of sp³-hybridized carbons (Fsp3) is 0.421. The maximum Gasteiger partial charge on any atom is 0.332 e. The predicted molar refractivity (Wildman–Crippen MR) is 200 cm³/mol. The number of carbonyl (C=O) groups excluding carboxylic acids is 1. The highest BCUT2D eigenvalue weighted by Gasteiger charge is 2.34. The van der Waals surface area contributed by atoms with Gasteiger partial charge in [-0.05, 0) is 59.7 Å². The average Bonchev–Trinajstić information content (AvgIpc) is 3.36. The van der Waals surface area contributed by atoms with Crippen molar-refractivity contribution in [3.63, 3.8) is 0 Å². The maximum absolute atomic E-state index is 14.2. The normalized spacial score (nSPS) is 13.7. The summed E-state index contributed by atoms with van der Waals surface area (Å²) in [6.07, 6.45) is 0.0646. The molecule has 0 fully saturated rings. The van der Waals surface area contributed by atoms with Crippen molar-refractivity contribution in [2.75, 3.05) is 20.1 Å². The molecule has 0 aliphatic heterocycles. The zero-order chi connectivity index (χ0) is 38.0. The Morgan fingerprint density at radius 1 is 0.904 bits per heavy atom. The van der Waals surface area contributed by atoms with E-state index in [4.69, 9.17) is 0 Å². The number of nitrogens with zero attached hydrogens (tertiary/aromatic N) is 4. The minimum atomic E-state index is -4.10. The summed E-state index contributed by atoms with van der Waals surface area (Å²) in [5.74, 6) is -1.37. The summed E-state index contributed by atoms with van der Waals surface area (Å²) in [5.41, 5.74) is 2.60. The number of hydrogen-bond donors (Lipinski definition) is 4. The summed E-state index contributed by atoms with van der Waals surface area (Å²) in [5, 5.41) is 31.5. The van der Waals surface area contributed by atoms with Crippen LogP contribution in [0.15, 0.2) is 99.9 Å². The van der Waals surface area contributed by atoms with E-state index in [2.05, 4.69) is 15.8 Å². The quantitative estimate of drug-likeness (QED) is 0.105. The second-order valence-electron chi connectivity index (χ2n) is 13.8. The molecule has 1 amide bonds. The van der Waals surface area contributed by atoms with Crippen LogP contribution in [0.1, 0.15) is 56.0 Å². The van der Waals surface area contributed by atoms with Crippen molar-refractivity contribution in [1.82, 2.24) is 24.1 Å². The third-order valence-corrected chi connectivity index (χ3v) is 10.6. The lowest BCUT2D eigenvalue weighted by Crippen LogP contribution is -2.53. The molecule has 0 spiro atoms. The van der Waals surface area contributed by atoms with Crippen LogP contribution in [0.4, 0.5) is 0 Å². The highest BCUT2D eigenvalue weighted by Crippen LogP contribution is 2.23. The summed E-state index contributed by atoms with van der Waals surface area (Å²) in [6.45, 7) is 7.69. The Kier molecular flexibility index (Phi) is 14.1. The number of aromatic nitrogens is 2. The van der Waals surface area contributed by atoms with Gasteiger partial charge >= 0.3 is 5.69 Å². The number of hydrogen-bond acceptors (Lipinski definition) is 9. The third-order valence-electron chi connectivity index (χ3n) is 8.75. The van der Waals surface area contributed by atoms with Crippen molar-refractivity contribution in [2.45, 2.75) is 76.8 Å². The van der Waals surface area contributed by atoms with Crippen molar-refractivity contribution in [1.29, 1.82) is 0 Å². The summed E-state index contributed by atoms with van der Waals surface area (Å²) in [4.78, 5) is 38.6. The van der Waals surface area contributed by atoms with Crippen LogP contribution in [0, 0.1) is 16.7 Å². The Labute approximate surface area is 305 Å². The zero-order valence-corrected chi connectivity index (χ0v) is 31.2. The van der Waals surface area contributed by atoms with E-state index in [1.165, 1.54) is 43.9 Å².